The topological polar surface area (TPSA) is 151 Å². The van der Waals surface area contributed by atoms with Gasteiger partial charge < -0.3 is 31.1 Å². The van der Waals surface area contributed by atoms with Gasteiger partial charge in [-0.1, -0.05) is 12.1 Å². The molecule has 184 valence electrons. The van der Waals surface area contributed by atoms with E-state index in [1.54, 1.807) is 60.6 Å². The largest absolute Gasteiger partial charge is 0.508 e. The fraction of sp³-hybridized carbons (Fsp3) is 0.565. The van der Waals surface area contributed by atoms with Gasteiger partial charge in [0.05, 0.1) is 6.42 Å². The number of alkyl carbamates (subject to hydrolysis) is 1. The van der Waals surface area contributed by atoms with Crippen molar-refractivity contribution < 1.29 is 29.0 Å². The van der Waals surface area contributed by atoms with Crippen LogP contribution in [0.3, 0.4) is 0 Å². The number of phenols is 1. The molecule has 2 atom stereocenters. The average Bonchev–Trinajstić information content (AvgIpc) is 2.61. The molecule has 5 N–H and O–H groups in total. The maximum atomic E-state index is 13.5. The molecule has 0 saturated carbocycles. The van der Waals surface area contributed by atoms with Crippen molar-refractivity contribution in [1.29, 1.82) is 0 Å². The van der Waals surface area contributed by atoms with Crippen LogP contribution in [0.2, 0.25) is 0 Å². The van der Waals surface area contributed by atoms with Crippen molar-refractivity contribution in [3.05, 3.63) is 29.8 Å². The number of aromatic hydroxyl groups is 1. The highest BCUT2D eigenvalue weighted by molar-refractivity contribution is 5.94. The fourth-order valence-corrected chi connectivity index (χ4v) is 3.12. The van der Waals surface area contributed by atoms with Crippen LogP contribution < -0.4 is 16.4 Å². The van der Waals surface area contributed by atoms with Crippen molar-refractivity contribution >= 4 is 23.8 Å². The normalized spacial score (nSPS) is 13.4. The summed E-state index contributed by atoms with van der Waals surface area (Å²) in [5, 5.41) is 15.2. The molecule has 1 aromatic rings. The van der Waals surface area contributed by atoms with E-state index in [0.29, 0.717) is 5.56 Å². The van der Waals surface area contributed by atoms with Crippen LogP contribution in [0.4, 0.5) is 4.79 Å². The number of nitrogens with one attached hydrogen (secondary N) is 2. The molecule has 33 heavy (non-hydrogen) atoms. The van der Waals surface area contributed by atoms with Crippen molar-refractivity contribution in [3.8, 4) is 5.75 Å². The van der Waals surface area contributed by atoms with Gasteiger partial charge in [0.1, 0.15) is 23.4 Å². The van der Waals surface area contributed by atoms with Crippen molar-refractivity contribution in [2.75, 3.05) is 6.54 Å². The fourth-order valence-electron chi connectivity index (χ4n) is 3.12. The van der Waals surface area contributed by atoms with Gasteiger partial charge in [0.25, 0.3) is 0 Å². The molecule has 0 fully saturated rings. The minimum atomic E-state index is -1.35. The lowest BCUT2D eigenvalue weighted by Crippen LogP contribution is -2.55. The first kappa shape index (κ1) is 27.7. The number of primary amides is 1. The number of hydrogen-bond acceptors (Lipinski definition) is 6. The molecule has 0 aliphatic heterocycles. The van der Waals surface area contributed by atoms with E-state index < -0.39 is 53.5 Å². The van der Waals surface area contributed by atoms with Gasteiger partial charge in [-0.15, -0.1) is 0 Å². The molecule has 0 aromatic heterocycles. The summed E-state index contributed by atoms with van der Waals surface area (Å²) in [6, 6.07) is 3.50. The Morgan fingerprint density at radius 2 is 1.73 bits per heavy atom. The first-order valence-corrected chi connectivity index (χ1v) is 10.7. The zero-order chi connectivity index (χ0) is 25.6. The number of nitrogens with zero attached hydrogens (tertiary/aromatic N) is 1. The van der Waals surface area contributed by atoms with Crippen LogP contribution in [0.15, 0.2) is 24.3 Å². The number of nitrogens with two attached hydrogens (primary N) is 1. The number of amides is 4. The monoisotopic (exact) mass is 464 g/mol. The lowest BCUT2D eigenvalue weighted by atomic mass is 10.00. The summed E-state index contributed by atoms with van der Waals surface area (Å²) in [6.07, 6.45) is -1.38. The zero-order valence-electron chi connectivity index (χ0n) is 20.4. The quantitative estimate of drug-likeness (QED) is 0.462. The van der Waals surface area contributed by atoms with Crippen molar-refractivity contribution in [2.24, 2.45) is 5.73 Å². The molecule has 10 nitrogen and oxygen atoms in total. The van der Waals surface area contributed by atoms with E-state index in [-0.39, 0.29) is 12.3 Å². The summed E-state index contributed by atoms with van der Waals surface area (Å²) in [7, 11) is 0. The Morgan fingerprint density at radius 1 is 1.12 bits per heavy atom. The standard InChI is InChI=1S/C23H36N4O6/c1-8-27(20(31)16(13-17(24)29)25-21(32)33-23(5,6)7)18(19(30)26-22(2,3)4)14-10-9-11-15(28)12-14/h9-12,16,18,28H,8,13H2,1-7H3,(H2,24,29)(H,25,32)(H,26,30). The van der Waals surface area contributed by atoms with Crippen LogP contribution in [0.25, 0.3) is 0 Å². The summed E-state index contributed by atoms with van der Waals surface area (Å²) < 4.78 is 5.20. The second-order valence-electron chi connectivity index (χ2n) is 9.73. The SMILES string of the molecule is CCN(C(=O)C(CC(N)=O)NC(=O)OC(C)(C)C)C(C(=O)NC(C)(C)C)c1cccc(O)c1. The van der Waals surface area contributed by atoms with Crippen molar-refractivity contribution in [1.82, 2.24) is 15.5 Å². The highest BCUT2D eigenvalue weighted by Gasteiger charge is 2.37. The second kappa shape index (κ2) is 11.0. The number of rotatable bonds is 8. The summed E-state index contributed by atoms with van der Waals surface area (Å²) in [5.41, 5.74) is 4.25. The molecular weight excluding hydrogens is 428 g/mol. The lowest BCUT2D eigenvalue weighted by molar-refractivity contribution is -0.143. The molecule has 0 saturated heterocycles. The van der Waals surface area contributed by atoms with E-state index >= 15 is 0 Å². The summed E-state index contributed by atoms with van der Waals surface area (Å²) >= 11 is 0. The van der Waals surface area contributed by atoms with Crippen LogP contribution in [-0.2, 0) is 19.1 Å². The maximum absolute atomic E-state index is 13.5. The van der Waals surface area contributed by atoms with Crippen molar-refractivity contribution in [2.45, 2.75) is 78.1 Å². The van der Waals surface area contributed by atoms with Crippen LogP contribution in [0.1, 0.15) is 66.5 Å². The third kappa shape index (κ3) is 9.38. The Hall–Kier alpha value is -3.30. The highest BCUT2D eigenvalue weighted by Crippen LogP contribution is 2.26. The first-order valence-electron chi connectivity index (χ1n) is 10.7. The number of likely N-dealkylation sites (N-methyl/N-ethyl adjacent to an activating group) is 1. The Morgan fingerprint density at radius 3 is 2.18 bits per heavy atom. The van der Waals surface area contributed by atoms with Gasteiger partial charge in [0.2, 0.25) is 17.7 Å². The van der Waals surface area contributed by atoms with E-state index in [9.17, 15) is 24.3 Å². The van der Waals surface area contributed by atoms with Gasteiger partial charge in [0, 0.05) is 12.1 Å². The number of ether oxygens (including phenoxy) is 1. The molecule has 4 amide bonds. The van der Waals surface area contributed by atoms with Gasteiger partial charge in [-0.3, -0.25) is 14.4 Å². The van der Waals surface area contributed by atoms with E-state index in [4.69, 9.17) is 10.5 Å². The Bertz CT molecular complexity index is 872. The molecule has 0 heterocycles. The van der Waals surface area contributed by atoms with E-state index in [1.165, 1.54) is 17.0 Å². The number of carbonyl (C=O) groups is 4. The minimum absolute atomic E-state index is 0.0714. The summed E-state index contributed by atoms with van der Waals surface area (Å²) in [4.78, 5) is 51.9. The zero-order valence-corrected chi connectivity index (χ0v) is 20.4. The van der Waals surface area contributed by atoms with Crippen molar-refractivity contribution in [3.63, 3.8) is 0 Å². The molecule has 0 aliphatic carbocycles. The average molecular weight is 465 g/mol. The molecule has 10 heteroatoms. The van der Waals surface area contributed by atoms with Gasteiger partial charge in [-0.25, -0.2) is 4.79 Å². The Labute approximate surface area is 194 Å². The number of benzene rings is 1. The van der Waals surface area contributed by atoms with Crippen LogP contribution >= 0.6 is 0 Å². The van der Waals surface area contributed by atoms with Crippen LogP contribution in [-0.4, -0.2) is 57.5 Å². The molecule has 0 radical (unpaired) electrons. The Balaban J connectivity index is 3.39. The molecule has 1 rings (SSSR count). The second-order valence-corrected chi connectivity index (χ2v) is 9.73. The van der Waals surface area contributed by atoms with Gasteiger partial charge in [-0.05, 0) is 66.2 Å². The van der Waals surface area contributed by atoms with Gasteiger partial charge in [0.15, 0.2) is 0 Å². The van der Waals surface area contributed by atoms with Crippen LogP contribution in [0.5, 0.6) is 5.75 Å². The van der Waals surface area contributed by atoms with E-state index in [1.807, 2.05) is 0 Å². The summed E-state index contributed by atoms with van der Waals surface area (Å²) in [5.74, 6) is -2.07. The van der Waals surface area contributed by atoms with Gasteiger partial charge >= 0.3 is 6.09 Å². The minimum Gasteiger partial charge on any atom is -0.508 e. The third-order valence-electron chi connectivity index (χ3n) is 4.26. The predicted octanol–water partition coefficient (Wildman–Crippen LogP) is 1.97. The maximum Gasteiger partial charge on any atom is 0.408 e. The Kier molecular flexibility index (Phi) is 9.26. The number of phenolic OH excluding ortho intramolecular Hbond substituents is 1. The van der Waals surface area contributed by atoms with E-state index in [0.717, 1.165) is 0 Å². The smallest absolute Gasteiger partial charge is 0.408 e. The number of carbonyl (C=O) groups excluding carboxylic acids is 4. The first-order chi connectivity index (χ1) is 15.0. The van der Waals surface area contributed by atoms with E-state index in [2.05, 4.69) is 10.6 Å². The molecule has 0 spiro atoms. The molecule has 1 aromatic carbocycles. The summed E-state index contributed by atoms with van der Waals surface area (Å²) in [6.45, 7) is 12.1. The highest BCUT2D eigenvalue weighted by atomic mass is 16.6. The molecule has 0 aliphatic rings. The molecule has 0 bridgehead atoms. The van der Waals surface area contributed by atoms with Gasteiger partial charge in [-0.2, -0.15) is 0 Å². The molecule has 2 unspecified atom stereocenters. The number of hydrogen-bond donors (Lipinski definition) is 4. The molecular formula is C23H36N4O6. The van der Waals surface area contributed by atoms with Crippen LogP contribution in [0, 0.1) is 0 Å². The lowest BCUT2D eigenvalue weighted by Gasteiger charge is -2.35. The predicted molar refractivity (Wildman–Crippen MR) is 123 cm³/mol. The third-order valence-corrected chi connectivity index (χ3v) is 4.26.